The van der Waals surface area contributed by atoms with Crippen molar-refractivity contribution in [2.75, 3.05) is 32.7 Å². The lowest BCUT2D eigenvalue weighted by Gasteiger charge is -2.71. The van der Waals surface area contributed by atoms with Crippen LogP contribution in [0.5, 0.6) is 0 Å². The quantitative estimate of drug-likeness (QED) is 0.475. The van der Waals surface area contributed by atoms with E-state index in [1.165, 1.54) is 6.42 Å². The van der Waals surface area contributed by atoms with Gasteiger partial charge in [0.25, 0.3) is 0 Å². The van der Waals surface area contributed by atoms with Gasteiger partial charge in [0.15, 0.2) is 5.78 Å². The number of Topliss-reactive ketones (excluding diaryl/α,β-unsaturated/α-hetero) is 1. The Morgan fingerprint density at radius 1 is 0.878 bits per heavy atom. The molecule has 1 amide bonds. The first-order chi connectivity index (χ1) is 19.5. The number of hydrogen-bond acceptors (Lipinski definition) is 5. The topological polar surface area (TPSA) is 81.1 Å². The molecule has 1 aliphatic heterocycles. The second-order valence-electron chi connectivity index (χ2n) is 15.8. The smallest absolute Gasteiger partial charge is 0.219 e. The Labute approximate surface area is 246 Å². The Morgan fingerprint density at radius 3 is 2.24 bits per heavy atom. The number of fused-ring (bicyclic) bond motifs is 1. The normalized spacial score (nSPS) is 47.9. The van der Waals surface area contributed by atoms with Gasteiger partial charge in [0.05, 0.1) is 11.7 Å². The van der Waals surface area contributed by atoms with Crippen LogP contribution in [-0.2, 0) is 9.59 Å². The summed E-state index contributed by atoms with van der Waals surface area (Å²) in [5.41, 5.74) is -0.549. The number of amides is 1. The van der Waals surface area contributed by atoms with Gasteiger partial charge in [-0.25, -0.2) is 0 Å². The third-order valence-corrected chi connectivity index (χ3v) is 14.3. The van der Waals surface area contributed by atoms with E-state index in [4.69, 9.17) is 0 Å². The summed E-state index contributed by atoms with van der Waals surface area (Å²) in [7, 11) is 0. The molecule has 8 rings (SSSR count). The molecular weight excluding hydrogens is 512 g/mol. The van der Waals surface area contributed by atoms with Crippen molar-refractivity contribution in [3.63, 3.8) is 0 Å². The minimum Gasteiger partial charge on any atom is -0.393 e. The lowest BCUT2D eigenvalue weighted by Crippen LogP contribution is -2.67. The second kappa shape index (κ2) is 9.50. The fourth-order valence-corrected chi connectivity index (χ4v) is 11.8. The van der Waals surface area contributed by atoms with Gasteiger partial charge < -0.3 is 15.1 Å². The van der Waals surface area contributed by atoms with Crippen LogP contribution in [0.1, 0.15) is 97.8 Å². The van der Waals surface area contributed by atoms with Gasteiger partial charge in [-0.3, -0.25) is 14.5 Å². The lowest BCUT2D eigenvalue weighted by molar-refractivity contribution is -0.180. The number of piperazine rings is 1. The lowest BCUT2D eigenvalue weighted by atomic mass is 9.32. The summed E-state index contributed by atoms with van der Waals surface area (Å²) in [6.07, 6.45) is 18.8. The first-order valence-electron chi connectivity index (χ1n) is 16.8. The number of nitrogens with zero attached hydrogens (tertiary/aromatic N) is 2. The second-order valence-corrected chi connectivity index (χ2v) is 15.8. The Bertz CT molecular complexity index is 1170. The molecule has 1 heterocycles. The molecule has 41 heavy (non-hydrogen) atoms. The Kier molecular flexibility index (Phi) is 6.55. The molecule has 0 radical (unpaired) electrons. The van der Waals surface area contributed by atoms with E-state index in [0.717, 1.165) is 102 Å². The number of aliphatic hydroxyl groups excluding tert-OH is 1. The van der Waals surface area contributed by atoms with E-state index in [0.29, 0.717) is 18.2 Å². The van der Waals surface area contributed by atoms with Gasteiger partial charge in [-0.2, -0.15) is 0 Å². The van der Waals surface area contributed by atoms with Crippen LogP contribution >= 0.6 is 0 Å². The fraction of sp³-hybridized carbons (Fsp3) is 0.829. The first-order valence-corrected chi connectivity index (χ1v) is 16.8. The van der Waals surface area contributed by atoms with E-state index < -0.39 is 5.60 Å². The van der Waals surface area contributed by atoms with Gasteiger partial charge in [0.2, 0.25) is 5.91 Å². The zero-order chi connectivity index (χ0) is 28.8. The van der Waals surface area contributed by atoms with Crippen molar-refractivity contribution in [1.29, 1.82) is 0 Å². The summed E-state index contributed by atoms with van der Waals surface area (Å²) in [5, 5.41) is 23.5. The Morgan fingerprint density at radius 2 is 1.54 bits per heavy atom. The van der Waals surface area contributed by atoms with Crippen LogP contribution in [0.3, 0.4) is 0 Å². The number of ketones is 1. The Balaban J connectivity index is 1.27. The maximum absolute atomic E-state index is 14.6. The van der Waals surface area contributed by atoms with Gasteiger partial charge in [-0.05, 0) is 75.0 Å². The molecule has 8 atom stereocenters. The number of aliphatic hydroxyl groups is 2. The summed E-state index contributed by atoms with van der Waals surface area (Å²) >= 11 is 0. The molecule has 6 nitrogen and oxygen atoms in total. The van der Waals surface area contributed by atoms with Crippen molar-refractivity contribution in [2.45, 2.75) is 110 Å². The molecule has 0 aromatic carbocycles. The molecule has 5 fully saturated rings. The van der Waals surface area contributed by atoms with Crippen molar-refractivity contribution in [1.82, 2.24) is 9.80 Å². The van der Waals surface area contributed by atoms with Gasteiger partial charge in [0, 0.05) is 67.4 Å². The third kappa shape index (κ3) is 3.78. The van der Waals surface area contributed by atoms with Crippen molar-refractivity contribution in [3.05, 3.63) is 23.8 Å². The SMILES string of the molecule is CC(=O)N1CCN(CC2(O)CCC3C45C=CC6(C=C4C(=O)C4CCCCC4)CC(O)CCC6(C)C5CCC32C)CC1. The summed E-state index contributed by atoms with van der Waals surface area (Å²) in [6, 6.07) is 0. The van der Waals surface area contributed by atoms with E-state index >= 15 is 0 Å². The highest BCUT2D eigenvalue weighted by Gasteiger charge is 2.74. The molecule has 0 aromatic rings. The predicted molar refractivity (Wildman–Crippen MR) is 159 cm³/mol. The van der Waals surface area contributed by atoms with Crippen LogP contribution < -0.4 is 0 Å². The number of rotatable bonds is 4. The van der Waals surface area contributed by atoms with Crippen molar-refractivity contribution < 1.29 is 19.8 Å². The molecule has 2 spiro atoms. The molecule has 8 aliphatic rings. The van der Waals surface area contributed by atoms with Crippen LogP contribution in [0.2, 0.25) is 0 Å². The minimum atomic E-state index is -0.807. The number of β-amino-alcohol motifs (C(OH)–C–C–N with tert-alkyl or cyclic N) is 1. The van der Waals surface area contributed by atoms with E-state index in [2.05, 4.69) is 37.0 Å². The van der Waals surface area contributed by atoms with Crippen LogP contribution in [0.4, 0.5) is 0 Å². The minimum absolute atomic E-state index is 0.0301. The van der Waals surface area contributed by atoms with Crippen molar-refractivity contribution >= 4 is 11.7 Å². The highest BCUT2D eigenvalue weighted by Crippen LogP contribution is 2.78. The van der Waals surface area contributed by atoms with Crippen LogP contribution in [-0.4, -0.2) is 76.1 Å². The molecular formula is C35H52N2O4. The molecule has 1 saturated heterocycles. The number of hydrogen-bond donors (Lipinski definition) is 2. The molecule has 7 aliphatic carbocycles. The molecule has 226 valence electrons. The molecule has 8 unspecified atom stereocenters. The maximum atomic E-state index is 14.6. The highest BCUT2D eigenvalue weighted by atomic mass is 16.3. The van der Waals surface area contributed by atoms with E-state index in [9.17, 15) is 19.8 Å². The van der Waals surface area contributed by atoms with E-state index in [1.54, 1.807) is 6.92 Å². The number of carbonyl (C=O) groups is 2. The van der Waals surface area contributed by atoms with Crippen molar-refractivity contribution in [3.8, 4) is 0 Å². The summed E-state index contributed by atoms with van der Waals surface area (Å²) < 4.78 is 0. The monoisotopic (exact) mass is 564 g/mol. The van der Waals surface area contributed by atoms with Crippen LogP contribution in [0.25, 0.3) is 0 Å². The predicted octanol–water partition coefficient (Wildman–Crippen LogP) is 4.89. The zero-order valence-electron chi connectivity index (χ0n) is 25.7. The molecule has 6 heteroatoms. The van der Waals surface area contributed by atoms with Crippen LogP contribution in [0, 0.1) is 39.4 Å². The molecule has 2 N–H and O–H groups in total. The summed E-state index contributed by atoms with van der Waals surface area (Å²) in [4.78, 5) is 30.8. The average Bonchev–Trinajstić information content (AvgIpc) is 3.23. The maximum Gasteiger partial charge on any atom is 0.219 e. The van der Waals surface area contributed by atoms with E-state index in [-0.39, 0.29) is 45.5 Å². The molecule has 2 bridgehead atoms. The standard InChI is InChI=1S/C35H52N2O4/c1-24(38)37-19-17-36(18-20-37)23-34(41)14-11-29-32(34,3)13-10-28-31(2)12-9-26(39)21-33(31)15-16-35(28,29)27(22-33)30(40)25-7-5-4-6-8-25/h15-16,22,25-26,28-29,39,41H,4-14,17-21,23H2,1-3H3. The molecule has 0 aromatic heterocycles. The third-order valence-electron chi connectivity index (χ3n) is 14.3. The van der Waals surface area contributed by atoms with Crippen molar-refractivity contribution in [2.24, 2.45) is 39.4 Å². The Hall–Kier alpha value is -1.50. The van der Waals surface area contributed by atoms with Gasteiger partial charge in [-0.1, -0.05) is 51.3 Å². The largest absolute Gasteiger partial charge is 0.393 e. The van der Waals surface area contributed by atoms with Crippen LogP contribution in [0.15, 0.2) is 23.8 Å². The van der Waals surface area contributed by atoms with E-state index in [1.807, 2.05) is 4.90 Å². The average molecular weight is 565 g/mol. The summed E-state index contributed by atoms with van der Waals surface area (Å²) in [5.74, 6) is 1.26. The first kappa shape index (κ1) is 28.3. The highest BCUT2D eigenvalue weighted by molar-refractivity contribution is 6.00. The number of carbonyl (C=O) groups excluding carboxylic acids is 2. The summed E-state index contributed by atoms with van der Waals surface area (Å²) in [6.45, 7) is 10.2. The zero-order valence-corrected chi connectivity index (χ0v) is 25.7. The fourth-order valence-electron chi connectivity index (χ4n) is 11.8. The van der Waals surface area contributed by atoms with Gasteiger partial charge in [-0.15, -0.1) is 0 Å². The van der Waals surface area contributed by atoms with Gasteiger partial charge >= 0.3 is 0 Å². The molecule has 4 saturated carbocycles. The number of allylic oxidation sites excluding steroid dienone is 4. The van der Waals surface area contributed by atoms with Gasteiger partial charge in [0.1, 0.15) is 0 Å².